The molecule has 1 heterocycles. The monoisotopic (exact) mass is 389 g/mol. The molecule has 1 N–H and O–H groups in total. The molecule has 26 heavy (non-hydrogen) atoms. The van der Waals surface area contributed by atoms with Gasteiger partial charge in [-0.2, -0.15) is 0 Å². The minimum Gasteiger partial charge on any atom is -0.450 e. The normalized spacial score (nSPS) is 10.7. The number of aryl methyl sites for hydroxylation is 1. The van der Waals surface area contributed by atoms with E-state index in [1.165, 1.54) is 11.8 Å². The van der Waals surface area contributed by atoms with Gasteiger partial charge >= 0.3 is 5.97 Å². The van der Waals surface area contributed by atoms with Crippen LogP contribution in [0.3, 0.4) is 0 Å². The predicted molar refractivity (Wildman–Crippen MR) is 103 cm³/mol. The van der Waals surface area contributed by atoms with Gasteiger partial charge in [0.15, 0.2) is 6.61 Å². The Morgan fingerprint density at radius 1 is 1.23 bits per heavy atom. The molecule has 0 saturated carbocycles. The first kappa shape index (κ1) is 18.4. The van der Waals surface area contributed by atoms with Crippen LogP contribution in [-0.2, 0) is 9.53 Å². The third kappa shape index (κ3) is 3.86. The molecule has 0 saturated heterocycles. The van der Waals surface area contributed by atoms with Gasteiger partial charge in [0.25, 0.3) is 5.91 Å². The van der Waals surface area contributed by atoms with Crippen LogP contribution >= 0.6 is 23.4 Å². The van der Waals surface area contributed by atoms with E-state index >= 15 is 0 Å². The number of anilines is 1. The van der Waals surface area contributed by atoms with E-state index < -0.39 is 18.5 Å². The van der Waals surface area contributed by atoms with Crippen molar-refractivity contribution in [3.8, 4) is 0 Å². The second kappa shape index (κ2) is 7.85. The van der Waals surface area contributed by atoms with Gasteiger partial charge in [-0.3, -0.25) is 4.79 Å². The van der Waals surface area contributed by atoms with Gasteiger partial charge in [-0.1, -0.05) is 23.7 Å². The van der Waals surface area contributed by atoms with Crippen molar-refractivity contribution < 1.29 is 18.7 Å². The summed E-state index contributed by atoms with van der Waals surface area (Å²) in [7, 11) is 0. The molecule has 7 heteroatoms. The maximum atomic E-state index is 12.3. The lowest BCUT2D eigenvalue weighted by molar-refractivity contribution is -0.119. The average molecular weight is 390 g/mol. The summed E-state index contributed by atoms with van der Waals surface area (Å²) in [6.45, 7) is 1.34. The molecule has 0 aliphatic rings. The minimum absolute atomic E-state index is 0.0691. The van der Waals surface area contributed by atoms with Crippen molar-refractivity contribution in [3.05, 3.63) is 58.8 Å². The lowest BCUT2D eigenvalue weighted by Crippen LogP contribution is -2.21. The van der Waals surface area contributed by atoms with E-state index in [0.29, 0.717) is 21.9 Å². The van der Waals surface area contributed by atoms with Crippen LogP contribution in [0, 0.1) is 6.92 Å². The molecule has 0 radical (unpaired) electrons. The highest BCUT2D eigenvalue weighted by atomic mass is 35.5. The summed E-state index contributed by atoms with van der Waals surface area (Å²) in [5, 5.41) is 4.02. The second-order valence-corrected chi connectivity index (χ2v) is 6.81. The fraction of sp³-hybridized carbons (Fsp3) is 0.158. The van der Waals surface area contributed by atoms with Crippen LogP contribution in [0.1, 0.15) is 16.1 Å². The summed E-state index contributed by atoms with van der Waals surface area (Å²) in [6.07, 6.45) is 1.92. The number of hydrogen-bond donors (Lipinski definition) is 1. The Bertz CT molecular complexity index is 983. The molecule has 1 amide bonds. The standard InChI is InChI=1S/C19H16ClNO4S/c1-11-13-9-12(20)7-8-15(13)25-18(11)19(23)24-10-17(22)21-14-5-3-4-6-16(14)26-2/h3-9H,10H2,1-2H3,(H,21,22). The summed E-state index contributed by atoms with van der Waals surface area (Å²) in [5.74, 6) is -1.04. The van der Waals surface area contributed by atoms with E-state index in [9.17, 15) is 9.59 Å². The van der Waals surface area contributed by atoms with Crippen LogP contribution in [0.15, 0.2) is 51.8 Å². The van der Waals surface area contributed by atoms with E-state index in [0.717, 1.165) is 10.3 Å². The molecule has 0 spiro atoms. The van der Waals surface area contributed by atoms with Crippen molar-refractivity contribution in [3.63, 3.8) is 0 Å². The molecule has 3 rings (SSSR count). The second-order valence-electron chi connectivity index (χ2n) is 5.52. The first-order chi connectivity index (χ1) is 12.5. The average Bonchev–Trinajstić information content (AvgIpc) is 2.96. The maximum Gasteiger partial charge on any atom is 0.375 e. The summed E-state index contributed by atoms with van der Waals surface area (Å²) in [5.41, 5.74) is 1.84. The Balaban J connectivity index is 1.67. The fourth-order valence-electron chi connectivity index (χ4n) is 2.52. The first-order valence-electron chi connectivity index (χ1n) is 7.78. The Kier molecular flexibility index (Phi) is 5.54. The van der Waals surface area contributed by atoms with Crippen molar-refractivity contribution in [1.82, 2.24) is 0 Å². The number of thioether (sulfide) groups is 1. The molecule has 1 aromatic heterocycles. The molecule has 0 aliphatic carbocycles. The zero-order valence-electron chi connectivity index (χ0n) is 14.2. The molecule has 0 unspecified atom stereocenters. The number of hydrogen-bond acceptors (Lipinski definition) is 5. The van der Waals surface area contributed by atoms with Crippen molar-refractivity contribution in [1.29, 1.82) is 0 Å². The van der Waals surface area contributed by atoms with Crippen LogP contribution < -0.4 is 5.32 Å². The number of halogens is 1. The van der Waals surface area contributed by atoms with Crippen molar-refractivity contribution in [2.24, 2.45) is 0 Å². The van der Waals surface area contributed by atoms with Gasteiger partial charge in [0.2, 0.25) is 5.76 Å². The lowest BCUT2D eigenvalue weighted by Gasteiger charge is -2.09. The fourth-order valence-corrected chi connectivity index (χ4v) is 3.24. The number of carbonyl (C=O) groups excluding carboxylic acids is 2. The van der Waals surface area contributed by atoms with Crippen LogP contribution in [-0.4, -0.2) is 24.7 Å². The van der Waals surface area contributed by atoms with Gasteiger partial charge in [-0.05, 0) is 43.5 Å². The molecule has 0 bridgehead atoms. The Labute approximate surface area is 159 Å². The molecule has 0 aliphatic heterocycles. The van der Waals surface area contributed by atoms with E-state index in [2.05, 4.69) is 5.32 Å². The SMILES string of the molecule is CSc1ccccc1NC(=O)COC(=O)c1oc2ccc(Cl)cc2c1C. The zero-order valence-corrected chi connectivity index (χ0v) is 15.7. The number of ether oxygens (including phenoxy) is 1. The van der Waals surface area contributed by atoms with Gasteiger partial charge in [-0.25, -0.2) is 4.79 Å². The largest absolute Gasteiger partial charge is 0.450 e. The third-order valence-electron chi connectivity index (χ3n) is 3.80. The van der Waals surface area contributed by atoms with Crippen LogP contribution in [0.2, 0.25) is 5.02 Å². The number of carbonyl (C=O) groups is 2. The summed E-state index contributed by atoms with van der Waals surface area (Å²) >= 11 is 7.49. The van der Waals surface area contributed by atoms with E-state index in [4.69, 9.17) is 20.8 Å². The van der Waals surface area contributed by atoms with Crippen LogP contribution in [0.25, 0.3) is 11.0 Å². The predicted octanol–water partition coefficient (Wildman–Crippen LogP) is 4.91. The number of benzene rings is 2. The van der Waals surface area contributed by atoms with Gasteiger partial charge < -0.3 is 14.5 Å². The van der Waals surface area contributed by atoms with E-state index in [-0.39, 0.29) is 5.76 Å². The lowest BCUT2D eigenvalue weighted by atomic mass is 10.1. The van der Waals surface area contributed by atoms with Crippen LogP contribution in [0.5, 0.6) is 0 Å². The Morgan fingerprint density at radius 2 is 2.00 bits per heavy atom. The number of rotatable bonds is 5. The zero-order chi connectivity index (χ0) is 18.7. The molecule has 3 aromatic rings. The van der Waals surface area contributed by atoms with E-state index in [1.807, 2.05) is 24.5 Å². The van der Waals surface area contributed by atoms with Crippen LogP contribution in [0.4, 0.5) is 5.69 Å². The first-order valence-corrected chi connectivity index (χ1v) is 9.38. The number of fused-ring (bicyclic) bond motifs is 1. The molecular formula is C19H16ClNO4S. The number of esters is 1. The quantitative estimate of drug-likeness (QED) is 0.496. The molecule has 2 aromatic carbocycles. The Morgan fingerprint density at radius 3 is 2.77 bits per heavy atom. The highest BCUT2D eigenvalue weighted by Crippen LogP contribution is 2.28. The van der Waals surface area contributed by atoms with Crippen molar-refractivity contribution >= 4 is 51.9 Å². The number of para-hydroxylation sites is 1. The molecule has 0 atom stereocenters. The molecule has 5 nitrogen and oxygen atoms in total. The van der Waals surface area contributed by atoms with E-state index in [1.54, 1.807) is 31.2 Å². The minimum atomic E-state index is -0.692. The summed E-state index contributed by atoms with van der Waals surface area (Å²) in [6, 6.07) is 12.5. The van der Waals surface area contributed by atoms with Crippen molar-refractivity contribution in [2.45, 2.75) is 11.8 Å². The third-order valence-corrected chi connectivity index (χ3v) is 4.83. The topological polar surface area (TPSA) is 68.5 Å². The number of amides is 1. The number of furan rings is 1. The van der Waals surface area contributed by atoms with Crippen molar-refractivity contribution in [2.75, 3.05) is 18.2 Å². The highest BCUT2D eigenvalue weighted by Gasteiger charge is 2.20. The van der Waals surface area contributed by atoms with Gasteiger partial charge in [-0.15, -0.1) is 11.8 Å². The van der Waals surface area contributed by atoms with Gasteiger partial charge in [0.1, 0.15) is 5.58 Å². The highest BCUT2D eigenvalue weighted by molar-refractivity contribution is 7.98. The Hall–Kier alpha value is -2.44. The summed E-state index contributed by atoms with van der Waals surface area (Å²) < 4.78 is 10.6. The molecule has 0 fully saturated rings. The number of nitrogens with one attached hydrogen (secondary N) is 1. The van der Waals surface area contributed by atoms with Gasteiger partial charge in [0.05, 0.1) is 5.69 Å². The molecule has 134 valence electrons. The maximum absolute atomic E-state index is 12.3. The van der Waals surface area contributed by atoms with Gasteiger partial charge in [0, 0.05) is 20.9 Å². The smallest absolute Gasteiger partial charge is 0.375 e. The summed E-state index contributed by atoms with van der Waals surface area (Å²) in [4.78, 5) is 25.3. The molecular weight excluding hydrogens is 374 g/mol.